The van der Waals surface area contributed by atoms with E-state index in [1.807, 2.05) is 6.92 Å². The van der Waals surface area contributed by atoms with Crippen molar-refractivity contribution in [3.8, 4) is 11.4 Å². The van der Waals surface area contributed by atoms with E-state index < -0.39 is 4.92 Å². The van der Waals surface area contributed by atoms with Gasteiger partial charge in [-0.15, -0.1) is 16.4 Å². The molecule has 5 rings (SSSR count). The van der Waals surface area contributed by atoms with Crippen molar-refractivity contribution in [2.24, 2.45) is 0 Å². The van der Waals surface area contributed by atoms with E-state index in [1.54, 1.807) is 28.0 Å². The van der Waals surface area contributed by atoms with E-state index in [0.717, 1.165) is 34.5 Å². The monoisotopic (exact) mass is 365 g/mol. The number of nitro groups is 1. The third-order valence-electron chi connectivity index (χ3n) is 4.87. The molecule has 0 amide bonds. The maximum atomic E-state index is 11.1. The van der Waals surface area contributed by atoms with Crippen molar-refractivity contribution in [3.05, 3.63) is 50.6 Å². The first kappa shape index (κ1) is 15.4. The highest BCUT2D eigenvalue weighted by Gasteiger charge is 2.22. The molecular formula is C18H15N5O2S. The minimum absolute atomic E-state index is 0.0364. The molecular weight excluding hydrogens is 350 g/mol. The molecule has 130 valence electrons. The van der Waals surface area contributed by atoms with Crippen LogP contribution in [0.15, 0.2) is 24.3 Å². The van der Waals surface area contributed by atoms with Crippen LogP contribution in [0, 0.1) is 17.0 Å². The first-order chi connectivity index (χ1) is 12.6. The first-order valence-electron chi connectivity index (χ1n) is 8.54. The van der Waals surface area contributed by atoms with Gasteiger partial charge in [0.2, 0.25) is 0 Å². The predicted octanol–water partition coefficient (Wildman–Crippen LogP) is 4.10. The third kappa shape index (κ3) is 2.22. The number of benzene rings is 1. The SMILES string of the molecule is Cc1nc2sc3c(c2c2nc(-c4cccc([N+](=O)[O-])c4)nn12)CCCC3. The molecule has 0 atom stereocenters. The molecule has 0 fully saturated rings. The highest BCUT2D eigenvalue weighted by atomic mass is 32.1. The lowest BCUT2D eigenvalue weighted by atomic mass is 9.97. The normalized spacial score (nSPS) is 14.0. The number of aryl methyl sites for hydroxylation is 3. The topological polar surface area (TPSA) is 86.2 Å². The number of thiophene rings is 1. The zero-order chi connectivity index (χ0) is 17.8. The standard InChI is InChI=1S/C18H15N5O2S/c1-10-19-18-15(13-7-2-3-8-14(13)26-18)17-20-16(21-22(10)17)11-5-4-6-12(9-11)23(24)25/h4-6,9H,2-3,7-8H2,1H3. The van der Waals surface area contributed by atoms with Gasteiger partial charge in [0.15, 0.2) is 11.5 Å². The second-order valence-electron chi connectivity index (χ2n) is 6.53. The van der Waals surface area contributed by atoms with Crippen LogP contribution in [0.4, 0.5) is 5.69 Å². The number of non-ortho nitro benzene ring substituents is 1. The summed E-state index contributed by atoms with van der Waals surface area (Å²) in [5.74, 6) is 1.26. The fraction of sp³-hybridized carbons (Fsp3) is 0.278. The number of nitro benzene ring substituents is 1. The quantitative estimate of drug-likeness (QED) is 0.394. The molecule has 7 nitrogen and oxygen atoms in total. The van der Waals surface area contributed by atoms with Crippen LogP contribution in [0.25, 0.3) is 27.3 Å². The van der Waals surface area contributed by atoms with E-state index in [4.69, 9.17) is 9.97 Å². The maximum Gasteiger partial charge on any atom is 0.270 e. The molecule has 3 aromatic heterocycles. The van der Waals surface area contributed by atoms with Gasteiger partial charge in [0.25, 0.3) is 5.69 Å². The smallest absolute Gasteiger partial charge is 0.258 e. The van der Waals surface area contributed by atoms with Crippen molar-refractivity contribution in [2.75, 3.05) is 0 Å². The van der Waals surface area contributed by atoms with Crippen molar-refractivity contribution < 1.29 is 4.92 Å². The average molecular weight is 365 g/mol. The van der Waals surface area contributed by atoms with Crippen molar-refractivity contribution in [3.63, 3.8) is 0 Å². The van der Waals surface area contributed by atoms with Crippen LogP contribution in [0.3, 0.4) is 0 Å². The van der Waals surface area contributed by atoms with Crippen LogP contribution in [-0.2, 0) is 12.8 Å². The molecule has 0 radical (unpaired) electrons. The van der Waals surface area contributed by atoms with Gasteiger partial charge in [0.1, 0.15) is 10.7 Å². The van der Waals surface area contributed by atoms with Gasteiger partial charge >= 0.3 is 0 Å². The number of fused-ring (bicyclic) bond motifs is 5. The van der Waals surface area contributed by atoms with Crippen LogP contribution in [0.1, 0.15) is 29.1 Å². The van der Waals surface area contributed by atoms with E-state index in [-0.39, 0.29) is 5.69 Å². The van der Waals surface area contributed by atoms with Crippen molar-refractivity contribution in [1.29, 1.82) is 0 Å². The Hall–Kier alpha value is -2.87. The molecule has 26 heavy (non-hydrogen) atoms. The Kier molecular flexibility index (Phi) is 3.30. The number of aromatic nitrogens is 4. The van der Waals surface area contributed by atoms with E-state index in [1.165, 1.54) is 35.4 Å². The number of hydrogen-bond donors (Lipinski definition) is 0. The largest absolute Gasteiger partial charge is 0.270 e. The summed E-state index contributed by atoms with van der Waals surface area (Å²) in [6, 6.07) is 6.44. The van der Waals surface area contributed by atoms with Crippen LogP contribution < -0.4 is 0 Å². The molecule has 0 aliphatic heterocycles. The summed E-state index contributed by atoms with van der Waals surface area (Å²) < 4.78 is 1.76. The fourth-order valence-corrected chi connectivity index (χ4v) is 4.94. The molecule has 1 aromatic carbocycles. The van der Waals surface area contributed by atoms with Crippen LogP contribution in [0.2, 0.25) is 0 Å². The summed E-state index contributed by atoms with van der Waals surface area (Å²) in [4.78, 5) is 22.6. The number of hydrogen-bond acceptors (Lipinski definition) is 6. The lowest BCUT2D eigenvalue weighted by Gasteiger charge is -2.10. The van der Waals surface area contributed by atoms with Gasteiger partial charge in [-0.1, -0.05) is 12.1 Å². The highest BCUT2D eigenvalue weighted by Crippen LogP contribution is 2.38. The molecule has 0 saturated heterocycles. The van der Waals surface area contributed by atoms with Crippen LogP contribution >= 0.6 is 11.3 Å². The summed E-state index contributed by atoms with van der Waals surface area (Å²) in [5, 5.41) is 16.7. The van der Waals surface area contributed by atoms with E-state index in [0.29, 0.717) is 11.4 Å². The Bertz CT molecular complexity index is 1190. The molecule has 4 aromatic rings. The lowest BCUT2D eigenvalue weighted by molar-refractivity contribution is -0.384. The van der Waals surface area contributed by atoms with E-state index in [2.05, 4.69) is 5.10 Å². The Morgan fingerprint density at radius 3 is 2.92 bits per heavy atom. The van der Waals surface area contributed by atoms with Gasteiger partial charge in [-0.2, -0.15) is 4.52 Å². The minimum atomic E-state index is -0.403. The molecule has 0 unspecified atom stereocenters. The minimum Gasteiger partial charge on any atom is -0.258 e. The summed E-state index contributed by atoms with van der Waals surface area (Å²) >= 11 is 1.76. The molecule has 8 heteroatoms. The van der Waals surface area contributed by atoms with Gasteiger partial charge in [0.05, 0.1) is 10.3 Å². The maximum absolute atomic E-state index is 11.1. The van der Waals surface area contributed by atoms with Gasteiger partial charge in [-0.3, -0.25) is 10.1 Å². The molecule has 0 spiro atoms. The molecule has 3 heterocycles. The van der Waals surface area contributed by atoms with Gasteiger partial charge < -0.3 is 0 Å². The van der Waals surface area contributed by atoms with E-state index in [9.17, 15) is 10.1 Å². The zero-order valence-corrected chi connectivity index (χ0v) is 14.9. The number of rotatable bonds is 2. The predicted molar refractivity (Wildman–Crippen MR) is 99.6 cm³/mol. The van der Waals surface area contributed by atoms with E-state index >= 15 is 0 Å². The fourth-order valence-electron chi connectivity index (χ4n) is 3.64. The molecule has 0 N–H and O–H groups in total. The molecule has 0 bridgehead atoms. The Morgan fingerprint density at radius 1 is 1.23 bits per heavy atom. The molecule has 1 aliphatic rings. The third-order valence-corrected chi connectivity index (χ3v) is 6.05. The highest BCUT2D eigenvalue weighted by molar-refractivity contribution is 7.19. The average Bonchev–Trinajstić information content (AvgIpc) is 3.23. The molecule has 1 aliphatic carbocycles. The van der Waals surface area contributed by atoms with Crippen LogP contribution in [0.5, 0.6) is 0 Å². The van der Waals surface area contributed by atoms with Crippen molar-refractivity contribution >= 4 is 32.9 Å². The van der Waals surface area contributed by atoms with Gasteiger partial charge in [-0.25, -0.2) is 9.97 Å². The second-order valence-corrected chi connectivity index (χ2v) is 7.61. The van der Waals surface area contributed by atoms with Gasteiger partial charge in [0, 0.05) is 22.6 Å². The Morgan fingerprint density at radius 2 is 2.08 bits per heavy atom. The van der Waals surface area contributed by atoms with Gasteiger partial charge in [-0.05, 0) is 38.2 Å². The Balaban J connectivity index is 1.78. The van der Waals surface area contributed by atoms with Crippen molar-refractivity contribution in [2.45, 2.75) is 32.6 Å². The Labute approximate surface area is 152 Å². The molecule has 0 saturated carbocycles. The zero-order valence-electron chi connectivity index (χ0n) is 14.1. The van der Waals surface area contributed by atoms with Crippen molar-refractivity contribution in [1.82, 2.24) is 19.6 Å². The lowest BCUT2D eigenvalue weighted by Crippen LogP contribution is -2.01. The summed E-state index contributed by atoms with van der Waals surface area (Å²) in [6.45, 7) is 1.91. The first-order valence-corrected chi connectivity index (χ1v) is 9.36. The summed E-state index contributed by atoms with van der Waals surface area (Å²) in [7, 11) is 0. The second kappa shape index (κ2) is 5.57. The summed E-state index contributed by atoms with van der Waals surface area (Å²) in [5.41, 5.74) is 2.83. The number of nitrogens with zero attached hydrogens (tertiary/aromatic N) is 5. The summed E-state index contributed by atoms with van der Waals surface area (Å²) in [6.07, 6.45) is 4.56. The van der Waals surface area contributed by atoms with Crippen LogP contribution in [-0.4, -0.2) is 24.5 Å².